The van der Waals surface area contributed by atoms with E-state index in [1.807, 2.05) is 0 Å². The standard InChI is InChI=1S/C28H27F9N2O4/c1-3-8-43-23(40)25(16-4-5-16)13-22(20-12-17(26(29,30)31)6-7-21(20)38-25)39(24(41)42-2)14-15-9-18(27(32,33)34)11-19(10-15)28(35,36)37/h6-7,9-12,16,22,38H,3-5,8,13-14H2,1-2H3/t22-,25-/m0/s1. The van der Waals surface area contributed by atoms with Gasteiger partial charge in [0.15, 0.2) is 0 Å². The molecule has 1 N–H and O–H groups in total. The molecule has 15 heteroatoms. The van der Waals surface area contributed by atoms with E-state index >= 15 is 0 Å². The van der Waals surface area contributed by atoms with Crippen molar-refractivity contribution in [2.75, 3.05) is 19.0 Å². The lowest BCUT2D eigenvalue weighted by atomic mass is 9.78. The fraction of sp³-hybridized carbons (Fsp3) is 0.500. The highest BCUT2D eigenvalue weighted by molar-refractivity contribution is 5.87. The first kappa shape index (κ1) is 32.3. The number of halogens is 9. The van der Waals surface area contributed by atoms with E-state index in [4.69, 9.17) is 9.47 Å². The van der Waals surface area contributed by atoms with Gasteiger partial charge >= 0.3 is 30.6 Å². The van der Waals surface area contributed by atoms with Gasteiger partial charge in [0.2, 0.25) is 0 Å². The molecule has 1 heterocycles. The van der Waals surface area contributed by atoms with Crippen molar-refractivity contribution < 1.29 is 58.6 Å². The van der Waals surface area contributed by atoms with Crippen LogP contribution in [0.15, 0.2) is 36.4 Å². The van der Waals surface area contributed by atoms with Gasteiger partial charge in [-0.05, 0) is 72.7 Å². The monoisotopic (exact) mass is 626 g/mol. The Morgan fingerprint density at radius 3 is 1.98 bits per heavy atom. The van der Waals surface area contributed by atoms with Gasteiger partial charge in [-0.1, -0.05) is 6.92 Å². The van der Waals surface area contributed by atoms with Gasteiger partial charge in [-0.2, -0.15) is 39.5 Å². The van der Waals surface area contributed by atoms with E-state index in [1.165, 1.54) is 0 Å². The van der Waals surface area contributed by atoms with Crippen molar-refractivity contribution in [2.45, 2.75) is 69.3 Å². The van der Waals surface area contributed by atoms with Crippen LogP contribution in [0.5, 0.6) is 0 Å². The van der Waals surface area contributed by atoms with Crippen LogP contribution in [0.25, 0.3) is 0 Å². The molecular weight excluding hydrogens is 599 g/mol. The molecule has 1 fully saturated rings. The Bertz CT molecular complexity index is 1340. The molecule has 1 aliphatic carbocycles. The third-order valence-corrected chi connectivity index (χ3v) is 7.47. The Labute approximate surface area is 240 Å². The molecule has 0 radical (unpaired) electrons. The molecule has 0 bridgehead atoms. The summed E-state index contributed by atoms with van der Waals surface area (Å²) in [4.78, 5) is 27.3. The van der Waals surface area contributed by atoms with Crippen LogP contribution in [0.3, 0.4) is 0 Å². The number of hydrogen-bond donors (Lipinski definition) is 1. The maximum atomic E-state index is 13.7. The fourth-order valence-electron chi connectivity index (χ4n) is 5.31. The first-order valence-electron chi connectivity index (χ1n) is 13.2. The van der Waals surface area contributed by atoms with Crippen LogP contribution < -0.4 is 5.32 Å². The average Bonchev–Trinajstić information content (AvgIpc) is 3.78. The molecule has 43 heavy (non-hydrogen) atoms. The molecule has 0 unspecified atom stereocenters. The summed E-state index contributed by atoms with van der Waals surface area (Å²) >= 11 is 0. The molecule has 2 aliphatic rings. The highest BCUT2D eigenvalue weighted by atomic mass is 19.4. The summed E-state index contributed by atoms with van der Waals surface area (Å²) < 4.78 is 133. The largest absolute Gasteiger partial charge is 0.464 e. The Kier molecular flexibility index (Phi) is 8.59. The smallest absolute Gasteiger partial charge is 0.416 e. The second kappa shape index (κ2) is 11.5. The van der Waals surface area contributed by atoms with E-state index in [0.29, 0.717) is 31.4 Å². The van der Waals surface area contributed by atoms with Crippen molar-refractivity contribution in [3.63, 3.8) is 0 Å². The summed E-state index contributed by atoms with van der Waals surface area (Å²) in [5.41, 5.74) is -6.66. The molecule has 4 rings (SSSR count). The molecule has 1 amide bonds. The van der Waals surface area contributed by atoms with Crippen LogP contribution >= 0.6 is 0 Å². The third-order valence-electron chi connectivity index (χ3n) is 7.47. The van der Waals surface area contributed by atoms with Crippen molar-refractivity contribution in [1.29, 1.82) is 0 Å². The van der Waals surface area contributed by atoms with Crippen LogP contribution in [0.2, 0.25) is 0 Å². The zero-order chi connectivity index (χ0) is 32.0. The Hall–Kier alpha value is -3.65. The lowest BCUT2D eigenvalue weighted by Crippen LogP contribution is -2.55. The van der Waals surface area contributed by atoms with E-state index in [9.17, 15) is 49.1 Å². The zero-order valence-corrected chi connectivity index (χ0v) is 22.8. The predicted molar refractivity (Wildman–Crippen MR) is 134 cm³/mol. The maximum Gasteiger partial charge on any atom is 0.416 e. The van der Waals surface area contributed by atoms with Gasteiger partial charge in [0.1, 0.15) is 5.54 Å². The van der Waals surface area contributed by atoms with Gasteiger partial charge in [0.05, 0.1) is 36.4 Å². The number of ether oxygens (including phenoxy) is 2. The number of carbonyl (C=O) groups excluding carboxylic acids is 2. The van der Waals surface area contributed by atoms with E-state index in [0.717, 1.165) is 30.2 Å². The van der Waals surface area contributed by atoms with Crippen LogP contribution in [0.4, 0.5) is 50.0 Å². The number of carbonyl (C=O) groups is 2. The molecule has 0 spiro atoms. The highest BCUT2D eigenvalue weighted by Crippen LogP contribution is 2.53. The molecule has 2 aromatic carbocycles. The quantitative estimate of drug-likeness (QED) is 0.250. The van der Waals surface area contributed by atoms with E-state index in [-0.39, 0.29) is 36.3 Å². The van der Waals surface area contributed by atoms with Gasteiger partial charge in [-0.25, -0.2) is 9.59 Å². The average molecular weight is 627 g/mol. The maximum absolute atomic E-state index is 13.7. The summed E-state index contributed by atoms with van der Waals surface area (Å²) in [6, 6.07) is 1.87. The number of hydrogen-bond acceptors (Lipinski definition) is 5. The number of nitrogens with one attached hydrogen (secondary N) is 1. The molecule has 0 saturated heterocycles. The Balaban J connectivity index is 1.89. The minimum Gasteiger partial charge on any atom is -0.464 e. The van der Waals surface area contributed by atoms with Crippen molar-refractivity contribution in [2.24, 2.45) is 5.92 Å². The number of amides is 1. The summed E-state index contributed by atoms with van der Waals surface area (Å²) in [5.74, 6) is -1.10. The second-order valence-electron chi connectivity index (χ2n) is 10.5. The van der Waals surface area contributed by atoms with Gasteiger partial charge in [0, 0.05) is 18.7 Å². The number of anilines is 1. The molecule has 0 aromatic heterocycles. The molecular formula is C28H27F9N2O4. The molecule has 6 nitrogen and oxygen atoms in total. The number of benzene rings is 2. The van der Waals surface area contributed by atoms with E-state index < -0.39 is 71.0 Å². The number of esters is 1. The van der Waals surface area contributed by atoms with Crippen molar-refractivity contribution in [1.82, 2.24) is 4.90 Å². The second-order valence-corrected chi connectivity index (χ2v) is 10.5. The molecule has 1 aliphatic heterocycles. The summed E-state index contributed by atoms with van der Waals surface area (Å²) in [5, 5.41) is 3.01. The van der Waals surface area contributed by atoms with Gasteiger partial charge < -0.3 is 14.8 Å². The Morgan fingerprint density at radius 1 is 0.907 bits per heavy atom. The highest BCUT2D eigenvalue weighted by Gasteiger charge is 2.57. The van der Waals surface area contributed by atoms with Crippen LogP contribution in [0, 0.1) is 5.92 Å². The van der Waals surface area contributed by atoms with Gasteiger partial charge in [-0.3, -0.25) is 4.90 Å². The third kappa shape index (κ3) is 6.80. The topological polar surface area (TPSA) is 67.9 Å². The number of methoxy groups -OCH3 is 1. The minimum atomic E-state index is -5.18. The number of alkyl halides is 9. The summed E-state index contributed by atoms with van der Waals surface area (Å²) in [6.45, 7) is 0.848. The first-order chi connectivity index (χ1) is 19.9. The van der Waals surface area contributed by atoms with Crippen LogP contribution in [0.1, 0.15) is 66.5 Å². The number of rotatable bonds is 7. The SMILES string of the molecule is CCCOC(=O)[C@@]1(C2CC2)C[C@H](N(Cc2cc(C(F)(F)F)cc(C(F)(F)F)c2)C(=O)OC)c2cc(C(F)(F)F)ccc2N1. The van der Waals surface area contributed by atoms with Crippen molar-refractivity contribution in [3.8, 4) is 0 Å². The fourth-order valence-corrected chi connectivity index (χ4v) is 5.31. The minimum absolute atomic E-state index is 0.0185. The lowest BCUT2D eigenvalue weighted by molar-refractivity contribution is -0.151. The first-order valence-corrected chi connectivity index (χ1v) is 13.2. The summed E-state index contributed by atoms with van der Waals surface area (Å²) in [7, 11) is 0.903. The van der Waals surface area contributed by atoms with Crippen LogP contribution in [-0.4, -0.2) is 36.2 Å². The van der Waals surface area contributed by atoms with Crippen molar-refractivity contribution in [3.05, 3.63) is 64.2 Å². The molecule has 2 aromatic rings. The molecule has 236 valence electrons. The Morgan fingerprint density at radius 2 is 1.49 bits per heavy atom. The number of fused-ring (bicyclic) bond motifs is 1. The van der Waals surface area contributed by atoms with Crippen LogP contribution in [-0.2, 0) is 39.3 Å². The van der Waals surface area contributed by atoms with Gasteiger partial charge in [-0.15, -0.1) is 0 Å². The lowest BCUT2D eigenvalue weighted by Gasteiger charge is -2.45. The zero-order valence-electron chi connectivity index (χ0n) is 22.8. The van der Waals surface area contributed by atoms with E-state index in [1.54, 1.807) is 6.92 Å². The predicted octanol–water partition coefficient (Wildman–Crippen LogP) is 7.97. The van der Waals surface area contributed by atoms with Gasteiger partial charge in [0.25, 0.3) is 0 Å². The molecule has 1 saturated carbocycles. The number of nitrogens with zero attached hydrogens (tertiary/aromatic N) is 1. The normalized spacial score (nSPS) is 20.6. The summed E-state index contributed by atoms with van der Waals surface area (Å²) in [6.07, 6.45) is -15.3. The molecule has 2 atom stereocenters. The van der Waals surface area contributed by atoms with Crippen molar-refractivity contribution >= 4 is 17.7 Å². The van der Waals surface area contributed by atoms with E-state index in [2.05, 4.69) is 5.32 Å².